The number of para-hydroxylation sites is 1. The summed E-state index contributed by atoms with van der Waals surface area (Å²) in [6.45, 7) is 0. The molecule has 1 aromatic carbocycles. The number of nitrogens with one attached hydrogen (secondary N) is 1. The molecule has 0 unspecified atom stereocenters. The van der Waals surface area contributed by atoms with Crippen LogP contribution < -0.4 is 10.4 Å². The lowest BCUT2D eigenvalue weighted by atomic mass is 10.0. The number of tetrazole rings is 1. The third kappa shape index (κ3) is 3.17. The second-order valence-electron chi connectivity index (χ2n) is 4.54. The number of amides is 1. The van der Waals surface area contributed by atoms with E-state index in [2.05, 4.69) is 25.9 Å². The molecule has 0 spiro atoms. The minimum absolute atomic E-state index is 0.121. The Balaban J connectivity index is 1.82. The van der Waals surface area contributed by atoms with Crippen LogP contribution in [0.3, 0.4) is 0 Å². The number of hydrogen-bond acceptors (Lipinski definition) is 5. The summed E-state index contributed by atoms with van der Waals surface area (Å²) in [5, 5.41) is 18.8. The quantitative estimate of drug-likeness (QED) is 0.778. The Morgan fingerprint density at radius 3 is 2.86 bits per heavy atom. The Morgan fingerprint density at radius 2 is 2.18 bits per heavy atom. The molecule has 0 bridgehead atoms. The van der Waals surface area contributed by atoms with Crippen LogP contribution in [0.4, 0.5) is 10.1 Å². The van der Waals surface area contributed by atoms with Crippen molar-refractivity contribution < 1.29 is 9.18 Å². The molecule has 0 saturated heterocycles. The first-order valence-corrected chi connectivity index (χ1v) is 7.38. The van der Waals surface area contributed by atoms with Crippen LogP contribution in [-0.4, -0.2) is 21.4 Å². The number of rotatable bonds is 5. The van der Waals surface area contributed by atoms with E-state index in [0.29, 0.717) is 6.42 Å². The molecule has 0 aliphatic heterocycles. The van der Waals surface area contributed by atoms with E-state index in [9.17, 15) is 9.18 Å². The van der Waals surface area contributed by atoms with Crippen LogP contribution in [0.15, 0.2) is 41.8 Å². The van der Waals surface area contributed by atoms with Crippen molar-refractivity contribution in [3.63, 3.8) is 0 Å². The van der Waals surface area contributed by atoms with Gasteiger partial charge >= 0.3 is 0 Å². The Kier molecular flexibility index (Phi) is 4.19. The van der Waals surface area contributed by atoms with E-state index in [4.69, 9.17) is 0 Å². The topological polar surface area (TPSA) is 81.9 Å². The van der Waals surface area contributed by atoms with Crippen molar-refractivity contribution in [3.8, 4) is 0 Å². The molecule has 0 aliphatic rings. The highest BCUT2D eigenvalue weighted by Gasteiger charge is 2.22. The van der Waals surface area contributed by atoms with Crippen molar-refractivity contribution in [3.05, 3.63) is 58.3 Å². The monoisotopic (exact) mass is 316 g/mol. The molecule has 1 N–H and O–H groups in total. The lowest BCUT2D eigenvalue weighted by molar-refractivity contribution is -0.117. The fourth-order valence-corrected chi connectivity index (χ4v) is 2.76. The second-order valence-corrected chi connectivity index (χ2v) is 5.57. The number of anilines is 1. The standard InChI is InChI=1S/C14H12FN5OS/c15-11-5-1-2-6-12(11)16-14(21)10(13-17-19-20-18-13)8-9-4-3-7-22-9/h1-7,10H,8H2,(H2,16,17,18,19,20,21)/p-1/t10-/m1/s1. The maximum Gasteiger partial charge on any atom is 0.232 e. The number of hydrogen-bond donors (Lipinski definition) is 1. The smallest absolute Gasteiger partial charge is 0.232 e. The van der Waals surface area contributed by atoms with Crippen LogP contribution in [0.2, 0.25) is 0 Å². The molecule has 3 aromatic rings. The van der Waals surface area contributed by atoms with E-state index >= 15 is 0 Å². The lowest BCUT2D eigenvalue weighted by Gasteiger charge is -2.16. The van der Waals surface area contributed by atoms with E-state index < -0.39 is 17.6 Å². The molecule has 6 nitrogen and oxygen atoms in total. The van der Waals surface area contributed by atoms with Gasteiger partial charge in [0, 0.05) is 10.7 Å². The van der Waals surface area contributed by atoms with Crippen LogP contribution in [-0.2, 0) is 11.2 Å². The van der Waals surface area contributed by atoms with Gasteiger partial charge in [0.05, 0.1) is 11.6 Å². The van der Waals surface area contributed by atoms with Gasteiger partial charge in [0.25, 0.3) is 0 Å². The maximum atomic E-state index is 13.7. The molecule has 112 valence electrons. The van der Waals surface area contributed by atoms with E-state index in [1.54, 1.807) is 12.1 Å². The van der Waals surface area contributed by atoms with Crippen LogP contribution >= 0.6 is 11.3 Å². The SMILES string of the molecule is O=C(Nc1ccccc1F)[C@H](Cc1cccs1)c1nnn[n-]1. The summed E-state index contributed by atoms with van der Waals surface area (Å²) in [4.78, 5) is 13.5. The van der Waals surface area contributed by atoms with Crippen molar-refractivity contribution in [1.82, 2.24) is 20.6 Å². The zero-order valence-electron chi connectivity index (χ0n) is 11.3. The van der Waals surface area contributed by atoms with Gasteiger partial charge in [0.2, 0.25) is 5.91 Å². The zero-order chi connectivity index (χ0) is 15.4. The molecule has 2 heterocycles. The number of nitrogens with zero attached hydrogens (tertiary/aromatic N) is 4. The van der Waals surface area contributed by atoms with Gasteiger partial charge in [0.1, 0.15) is 5.82 Å². The van der Waals surface area contributed by atoms with E-state index in [0.717, 1.165) is 4.88 Å². The highest BCUT2D eigenvalue weighted by atomic mass is 32.1. The third-order valence-electron chi connectivity index (χ3n) is 3.08. The fourth-order valence-electron chi connectivity index (χ4n) is 2.00. The number of aromatic nitrogens is 4. The predicted octanol–water partition coefficient (Wildman–Crippen LogP) is 1.99. The van der Waals surface area contributed by atoms with Crippen molar-refractivity contribution in [2.24, 2.45) is 0 Å². The summed E-state index contributed by atoms with van der Waals surface area (Å²) in [5.74, 6) is -1.34. The Hall–Kier alpha value is -2.61. The summed E-state index contributed by atoms with van der Waals surface area (Å²) >= 11 is 1.52. The summed E-state index contributed by atoms with van der Waals surface area (Å²) in [6, 6.07) is 9.80. The van der Waals surface area contributed by atoms with Gasteiger partial charge in [0.15, 0.2) is 0 Å². The molecule has 0 radical (unpaired) electrons. The van der Waals surface area contributed by atoms with Crippen molar-refractivity contribution in [2.45, 2.75) is 12.3 Å². The number of carbonyl (C=O) groups is 1. The lowest BCUT2D eigenvalue weighted by Crippen LogP contribution is -2.24. The second kappa shape index (κ2) is 6.44. The molecule has 0 saturated carbocycles. The molecule has 8 heteroatoms. The number of thiophene rings is 1. The average Bonchev–Trinajstić information content (AvgIpc) is 3.20. The van der Waals surface area contributed by atoms with Crippen molar-refractivity contribution in [2.75, 3.05) is 5.32 Å². The molecule has 22 heavy (non-hydrogen) atoms. The average molecular weight is 316 g/mol. The van der Waals surface area contributed by atoms with Gasteiger partial charge in [-0.3, -0.25) is 15.1 Å². The van der Waals surface area contributed by atoms with Gasteiger partial charge in [-0.2, -0.15) is 5.21 Å². The highest BCUT2D eigenvalue weighted by Crippen LogP contribution is 2.23. The molecule has 1 atom stereocenters. The normalized spacial score (nSPS) is 12.0. The fraction of sp³-hybridized carbons (Fsp3) is 0.143. The summed E-state index contributed by atoms with van der Waals surface area (Å²) in [5.41, 5.74) is 0.121. The Morgan fingerprint density at radius 1 is 1.32 bits per heavy atom. The van der Waals surface area contributed by atoms with Gasteiger partial charge in [-0.15, -0.1) is 11.3 Å². The Bertz CT molecular complexity index is 744. The summed E-state index contributed by atoms with van der Waals surface area (Å²) in [6.07, 6.45) is 0.408. The summed E-state index contributed by atoms with van der Waals surface area (Å²) < 4.78 is 13.7. The van der Waals surface area contributed by atoms with Gasteiger partial charge in [-0.05, 0) is 30.0 Å². The molecule has 3 rings (SSSR count). The van der Waals surface area contributed by atoms with Crippen LogP contribution in [0, 0.1) is 5.82 Å². The molecular formula is C14H11FN5OS-. The predicted molar refractivity (Wildman–Crippen MR) is 78.9 cm³/mol. The first kappa shape index (κ1) is 14.3. The highest BCUT2D eigenvalue weighted by molar-refractivity contribution is 7.09. The van der Waals surface area contributed by atoms with E-state index in [1.807, 2.05) is 17.5 Å². The number of carbonyl (C=O) groups excluding carboxylic acids is 1. The van der Waals surface area contributed by atoms with Gasteiger partial charge in [-0.25, -0.2) is 4.39 Å². The summed E-state index contributed by atoms with van der Waals surface area (Å²) in [7, 11) is 0. The van der Waals surface area contributed by atoms with E-state index in [1.165, 1.54) is 23.5 Å². The third-order valence-corrected chi connectivity index (χ3v) is 3.98. The zero-order valence-corrected chi connectivity index (χ0v) is 12.1. The molecule has 0 aliphatic carbocycles. The number of halogens is 1. The molecule has 0 fully saturated rings. The van der Waals surface area contributed by atoms with Crippen LogP contribution in [0.25, 0.3) is 0 Å². The van der Waals surface area contributed by atoms with E-state index in [-0.39, 0.29) is 11.5 Å². The van der Waals surface area contributed by atoms with Crippen molar-refractivity contribution >= 4 is 22.9 Å². The molecular weight excluding hydrogens is 305 g/mol. The number of benzene rings is 1. The van der Waals surface area contributed by atoms with Gasteiger partial charge < -0.3 is 10.4 Å². The minimum atomic E-state index is -0.673. The molecule has 2 aromatic heterocycles. The largest absolute Gasteiger partial charge is 0.335 e. The maximum absolute atomic E-state index is 13.7. The van der Waals surface area contributed by atoms with Crippen LogP contribution in [0.5, 0.6) is 0 Å². The van der Waals surface area contributed by atoms with Crippen molar-refractivity contribution in [1.29, 1.82) is 0 Å². The molecule has 1 amide bonds. The minimum Gasteiger partial charge on any atom is -0.335 e. The first-order valence-electron chi connectivity index (χ1n) is 6.50. The van der Waals surface area contributed by atoms with Crippen LogP contribution in [0.1, 0.15) is 16.6 Å². The first-order chi connectivity index (χ1) is 10.7. The Labute approximate surface area is 129 Å². The van der Waals surface area contributed by atoms with Gasteiger partial charge in [-0.1, -0.05) is 18.2 Å².